The topological polar surface area (TPSA) is 6.48 Å². The van der Waals surface area contributed by atoms with Crippen LogP contribution in [0.25, 0.3) is 28.0 Å². The van der Waals surface area contributed by atoms with E-state index in [4.69, 9.17) is 6.42 Å². The fourth-order valence-electron chi connectivity index (χ4n) is 7.39. The molecule has 0 aliphatic heterocycles. The van der Waals surface area contributed by atoms with E-state index in [1.807, 2.05) is 75.4 Å². The summed E-state index contributed by atoms with van der Waals surface area (Å²) in [4.78, 5) is 4.45. The molecule has 56 heavy (non-hydrogen) atoms. The van der Waals surface area contributed by atoms with Crippen LogP contribution < -0.4 is 9.80 Å². The molecule has 0 atom stereocenters. The van der Waals surface area contributed by atoms with Crippen molar-refractivity contribution in [3.63, 3.8) is 0 Å². The van der Waals surface area contributed by atoms with Crippen LogP contribution in [0, 0.1) is 12.3 Å². The summed E-state index contributed by atoms with van der Waals surface area (Å²) in [5.74, 6) is 2.91. The second-order valence-corrected chi connectivity index (χ2v) is 13.1. The highest BCUT2D eigenvalue weighted by Crippen LogP contribution is 2.44. The van der Waals surface area contributed by atoms with Crippen molar-refractivity contribution >= 4 is 45.3 Å². The SMILES string of the molecule is C#C/C(=C\C=C/C)N(c1ccccc1)c1ccc(N(c2ccccc2)c2cccc(-c3c4c(c(C/C=C\C=C/C=C)c5ccccc35)CCC=C4)c2)cc1.CC. The Bertz CT molecular complexity index is 2440. The number of para-hydroxylation sites is 2. The van der Waals surface area contributed by atoms with Gasteiger partial charge in [-0.25, -0.2) is 0 Å². The van der Waals surface area contributed by atoms with Gasteiger partial charge in [0.25, 0.3) is 0 Å². The van der Waals surface area contributed by atoms with E-state index >= 15 is 0 Å². The average Bonchev–Trinajstić information content (AvgIpc) is 3.26. The Hall–Kier alpha value is -6.82. The first-order valence-corrected chi connectivity index (χ1v) is 19.6. The summed E-state index contributed by atoms with van der Waals surface area (Å²) in [6.45, 7) is 9.79. The third kappa shape index (κ3) is 8.60. The van der Waals surface area contributed by atoms with Gasteiger partial charge in [0.15, 0.2) is 0 Å². The lowest BCUT2D eigenvalue weighted by Gasteiger charge is -2.29. The van der Waals surface area contributed by atoms with E-state index in [2.05, 4.69) is 162 Å². The van der Waals surface area contributed by atoms with E-state index in [1.165, 1.54) is 38.6 Å². The molecule has 276 valence electrons. The van der Waals surface area contributed by atoms with E-state index in [0.717, 1.165) is 53.4 Å². The van der Waals surface area contributed by atoms with E-state index in [0.29, 0.717) is 0 Å². The highest BCUT2D eigenvalue weighted by molar-refractivity contribution is 6.04. The van der Waals surface area contributed by atoms with Crippen LogP contribution in [0.1, 0.15) is 43.9 Å². The van der Waals surface area contributed by atoms with E-state index in [1.54, 1.807) is 0 Å². The third-order valence-electron chi connectivity index (χ3n) is 9.77. The predicted octanol–water partition coefficient (Wildman–Crippen LogP) is 15.0. The van der Waals surface area contributed by atoms with Crippen molar-refractivity contribution in [2.45, 2.75) is 40.0 Å². The van der Waals surface area contributed by atoms with Gasteiger partial charge >= 0.3 is 0 Å². The zero-order chi connectivity index (χ0) is 39.1. The predicted molar refractivity (Wildman–Crippen MR) is 245 cm³/mol. The van der Waals surface area contributed by atoms with Crippen LogP contribution in [0.2, 0.25) is 0 Å². The molecule has 0 fully saturated rings. The molecule has 7 rings (SSSR count). The normalized spacial score (nSPS) is 12.4. The standard InChI is InChI=1S/C52H44N2.C2H6/c1-4-7-9-10-17-30-47-48-31-18-20-33-50(48)52(51-34-21-19-32-49(47)51)40-23-22-29-46(39-40)54(43-27-15-12-16-28-43)45-37-35-44(36-38-45)53(41(6-3)24-8-5-2)42-25-13-11-14-26-42;1-2/h3-5,7-18,20-29,31,33-39H,1,19,30,32H2,2H3;1-2H3/b8-5-,9-7-,17-10-,41-24+;. The molecule has 2 nitrogen and oxygen atoms in total. The molecular weight excluding hydrogens is 677 g/mol. The van der Waals surface area contributed by atoms with Crippen LogP contribution in [0.4, 0.5) is 28.4 Å². The molecule has 0 radical (unpaired) electrons. The molecule has 2 heteroatoms. The zero-order valence-corrected chi connectivity index (χ0v) is 32.8. The molecule has 0 saturated heterocycles. The van der Waals surface area contributed by atoms with Gasteiger partial charge in [0.2, 0.25) is 0 Å². The quantitative estimate of drug-likeness (QED) is 0.0915. The number of rotatable bonds is 12. The maximum absolute atomic E-state index is 6.09. The minimum absolute atomic E-state index is 0.760. The number of nitrogens with zero attached hydrogens (tertiary/aromatic N) is 2. The second kappa shape index (κ2) is 19.5. The van der Waals surface area contributed by atoms with Crippen molar-refractivity contribution in [2.24, 2.45) is 0 Å². The largest absolute Gasteiger partial charge is 0.310 e. The van der Waals surface area contributed by atoms with Gasteiger partial charge in [0, 0.05) is 28.4 Å². The van der Waals surface area contributed by atoms with Crippen LogP contribution in [-0.4, -0.2) is 0 Å². The highest BCUT2D eigenvalue weighted by Gasteiger charge is 2.22. The first-order valence-electron chi connectivity index (χ1n) is 19.6. The molecule has 0 spiro atoms. The monoisotopic (exact) mass is 726 g/mol. The molecule has 0 saturated carbocycles. The van der Waals surface area contributed by atoms with E-state index < -0.39 is 0 Å². The van der Waals surface area contributed by atoms with Gasteiger partial charge in [0.1, 0.15) is 0 Å². The van der Waals surface area contributed by atoms with Crippen LogP contribution in [-0.2, 0) is 12.8 Å². The number of hydrogen-bond acceptors (Lipinski definition) is 2. The van der Waals surface area contributed by atoms with Crippen LogP contribution in [0.5, 0.6) is 0 Å². The maximum Gasteiger partial charge on any atom is 0.0966 e. The number of anilines is 5. The second-order valence-electron chi connectivity index (χ2n) is 13.1. The molecule has 0 N–H and O–H groups in total. The Labute approximate surface area is 334 Å². The summed E-state index contributed by atoms with van der Waals surface area (Å²) in [5, 5.41) is 2.59. The number of terminal acetylenes is 1. The summed E-state index contributed by atoms with van der Waals surface area (Å²) >= 11 is 0. The maximum atomic E-state index is 6.09. The molecule has 0 amide bonds. The lowest BCUT2D eigenvalue weighted by atomic mass is 9.81. The molecule has 1 aliphatic rings. The molecule has 0 aromatic heterocycles. The highest BCUT2D eigenvalue weighted by atomic mass is 15.2. The summed E-state index contributed by atoms with van der Waals surface area (Å²) in [5.41, 5.74) is 12.6. The number of hydrogen-bond donors (Lipinski definition) is 0. The molecule has 6 aromatic rings. The van der Waals surface area contributed by atoms with E-state index in [-0.39, 0.29) is 0 Å². The Morgan fingerprint density at radius 1 is 0.696 bits per heavy atom. The summed E-state index contributed by atoms with van der Waals surface area (Å²) in [6.07, 6.45) is 29.9. The van der Waals surface area contributed by atoms with Crippen LogP contribution >= 0.6 is 0 Å². The van der Waals surface area contributed by atoms with Crippen molar-refractivity contribution in [2.75, 3.05) is 9.80 Å². The van der Waals surface area contributed by atoms with Gasteiger partial charge in [-0.05, 0) is 132 Å². The molecule has 6 aromatic carbocycles. The van der Waals surface area contributed by atoms with Gasteiger partial charge in [-0.1, -0.05) is 154 Å². The van der Waals surface area contributed by atoms with Gasteiger partial charge in [-0.3, -0.25) is 0 Å². The Morgan fingerprint density at radius 2 is 1.32 bits per heavy atom. The molecule has 0 unspecified atom stereocenters. The summed E-state index contributed by atoms with van der Waals surface area (Å²) in [6, 6.07) is 47.4. The Balaban J connectivity index is 0.00000262. The molecule has 0 heterocycles. The average molecular weight is 727 g/mol. The first kappa shape index (κ1) is 38.9. The molecule has 0 bridgehead atoms. The summed E-state index contributed by atoms with van der Waals surface area (Å²) < 4.78 is 0. The van der Waals surface area contributed by atoms with Crippen molar-refractivity contribution in [3.05, 3.63) is 217 Å². The lowest BCUT2D eigenvalue weighted by molar-refractivity contribution is 0.966. The Morgan fingerprint density at radius 3 is 2.02 bits per heavy atom. The van der Waals surface area contributed by atoms with Gasteiger partial charge in [0.05, 0.1) is 5.70 Å². The van der Waals surface area contributed by atoms with Gasteiger partial charge in [-0.15, -0.1) is 6.42 Å². The Kier molecular flexibility index (Phi) is 13.5. The van der Waals surface area contributed by atoms with Crippen molar-refractivity contribution < 1.29 is 0 Å². The minimum Gasteiger partial charge on any atom is -0.310 e. The van der Waals surface area contributed by atoms with Crippen molar-refractivity contribution in [1.82, 2.24) is 0 Å². The van der Waals surface area contributed by atoms with Gasteiger partial charge < -0.3 is 9.80 Å². The summed E-state index contributed by atoms with van der Waals surface area (Å²) in [7, 11) is 0. The van der Waals surface area contributed by atoms with Crippen molar-refractivity contribution in [3.8, 4) is 23.5 Å². The van der Waals surface area contributed by atoms with Crippen LogP contribution in [0.3, 0.4) is 0 Å². The number of allylic oxidation sites excluding steroid dienone is 10. The fraction of sp³-hybridized carbons (Fsp3) is 0.111. The number of benzene rings is 6. The van der Waals surface area contributed by atoms with Crippen LogP contribution in [0.15, 0.2) is 200 Å². The smallest absolute Gasteiger partial charge is 0.0966 e. The van der Waals surface area contributed by atoms with Crippen molar-refractivity contribution in [1.29, 1.82) is 0 Å². The minimum atomic E-state index is 0.760. The first-order chi connectivity index (χ1) is 27.7. The molecule has 1 aliphatic carbocycles. The van der Waals surface area contributed by atoms with E-state index in [9.17, 15) is 0 Å². The fourth-order valence-corrected chi connectivity index (χ4v) is 7.39. The molecular formula is C54H50N2. The lowest BCUT2D eigenvalue weighted by Crippen LogP contribution is -2.16. The van der Waals surface area contributed by atoms with Gasteiger partial charge in [-0.2, -0.15) is 0 Å². The third-order valence-corrected chi connectivity index (χ3v) is 9.77. The zero-order valence-electron chi connectivity index (χ0n) is 32.8. The number of fused-ring (bicyclic) bond motifs is 2.